The molecule has 2 heteroatoms. The molecule has 0 nitrogen and oxygen atoms in total. The summed E-state index contributed by atoms with van der Waals surface area (Å²) < 4.78 is 0.814. The lowest BCUT2D eigenvalue weighted by atomic mass is 10.0. The van der Waals surface area contributed by atoms with E-state index in [0.29, 0.717) is 0 Å². The summed E-state index contributed by atoms with van der Waals surface area (Å²) in [5.41, 5.74) is 0. The number of alkyl halides is 1. The fourth-order valence-electron chi connectivity index (χ4n) is 0.960. The van der Waals surface area contributed by atoms with Gasteiger partial charge in [0.05, 0.1) is 5.38 Å². The Balaban J connectivity index is 2.23. The third-order valence-electron chi connectivity index (χ3n) is 1.41. The van der Waals surface area contributed by atoms with Crippen LogP contribution in [0.3, 0.4) is 0 Å². The van der Waals surface area contributed by atoms with Crippen LogP contribution in [0, 0.1) is 5.38 Å². The third-order valence-corrected chi connectivity index (χ3v) is 2.81. The lowest BCUT2D eigenvalue weighted by Crippen LogP contribution is -2.08. The van der Waals surface area contributed by atoms with Gasteiger partial charge in [-0.2, -0.15) is 0 Å². The summed E-state index contributed by atoms with van der Waals surface area (Å²) in [5.74, 6) is 0. The standard InChI is InChI=1S/C6H9ClI/c7-5-2-1-3-6(8)4-5/h6H,1-4H2. The van der Waals surface area contributed by atoms with Gasteiger partial charge in [-0.25, -0.2) is 0 Å². The summed E-state index contributed by atoms with van der Waals surface area (Å²) in [6.45, 7) is 0. The molecule has 1 fully saturated rings. The first-order valence-electron chi connectivity index (χ1n) is 2.93. The van der Waals surface area contributed by atoms with Crippen LogP contribution >= 0.6 is 34.2 Å². The van der Waals surface area contributed by atoms with Crippen molar-refractivity contribution < 1.29 is 0 Å². The molecule has 0 heterocycles. The van der Waals surface area contributed by atoms with Crippen molar-refractivity contribution in [3.8, 4) is 0 Å². The summed E-state index contributed by atoms with van der Waals surface area (Å²) in [5, 5.41) is 1.18. The average molecular weight is 243 g/mol. The molecule has 0 bridgehead atoms. The highest BCUT2D eigenvalue weighted by atomic mass is 127. The van der Waals surface area contributed by atoms with Gasteiger partial charge in [-0.1, -0.05) is 29.0 Å². The maximum absolute atomic E-state index is 5.82. The van der Waals surface area contributed by atoms with E-state index in [0.717, 1.165) is 16.8 Å². The Morgan fingerprint density at radius 2 is 2.38 bits per heavy atom. The first kappa shape index (κ1) is 7.13. The van der Waals surface area contributed by atoms with Crippen molar-refractivity contribution in [3.05, 3.63) is 5.38 Å². The largest absolute Gasteiger partial charge is 0.117 e. The van der Waals surface area contributed by atoms with Gasteiger partial charge in [-0.15, -0.1) is 11.6 Å². The van der Waals surface area contributed by atoms with E-state index < -0.39 is 0 Å². The maximum Gasteiger partial charge on any atom is 0.0648 e. The molecule has 1 saturated carbocycles. The van der Waals surface area contributed by atoms with Crippen molar-refractivity contribution in [3.63, 3.8) is 0 Å². The van der Waals surface area contributed by atoms with E-state index in [-0.39, 0.29) is 0 Å². The van der Waals surface area contributed by atoms with Crippen LogP contribution in [0.5, 0.6) is 0 Å². The van der Waals surface area contributed by atoms with Crippen LogP contribution in [0.25, 0.3) is 0 Å². The van der Waals surface area contributed by atoms with Crippen LogP contribution in [0.2, 0.25) is 0 Å². The van der Waals surface area contributed by atoms with Gasteiger partial charge in [-0.3, -0.25) is 0 Å². The van der Waals surface area contributed by atoms with Gasteiger partial charge in [0.2, 0.25) is 0 Å². The van der Waals surface area contributed by atoms with Gasteiger partial charge < -0.3 is 0 Å². The van der Waals surface area contributed by atoms with Crippen LogP contribution in [-0.4, -0.2) is 3.92 Å². The van der Waals surface area contributed by atoms with Crippen molar-refractivity contribution in [2.24, 2.45) is 0 Å². The van der Waals surface area contributed by atoms with Crippen molar-refractivity contribution >= 4 is 34.2 Å². The van der Waals surface area contributed by atoms with Crippen molar-refractivity contribution in [1.29, 1.82) is 0 Å². The molecule has 0 saturated heterocycles. The van der Waals surface area contributed by atoms with E-state index >= 15 is 0 Å². The summed E-state index contributed by atoms with van der Waals surface area (Å²) >= 11 is 8.29. The quantitative estimate of drug-likeness (QED) is 0.453. The summed E-state index contributed by atoms with van der Waals surface area (Å²) in [6, 6.07) is 0. The zero-order valence-corrected chi connectivity index (χ0v) is 7.58. The van der Waals surface area contributed by atoms with Gasteiger partial charge >= 0.3 is 0 Å². The average Bonchev–Trinajstić information content (AvgIpc) is 1.64. The Morgan fingerprint density at radius 3 is 2.75 bits per heavy atom. The lowest BCUT2D eigenvalue weighted by Gasteiger charge is -2.19. The highest BCUT2D eigenvalue weighted by molar-refractivity contribution is 14.1. The third kappa shape index (κ3) is 2.09. The van der Waals surface area contributed by atoms with Crippen molar-refractivity contribution in [2.75, 3.05) is 0 Å². The molecule has 0 aliphatic heterocycles. The molecule has 1 aliphatic carbocycles. The molecule has 0 aromatic carbocycles. The molecule has 1 unspecified atom stereocenters. The van der Waals surface area contributed by atoms with Gasteiger partial charge in [0.1, 0.15) is 0 Å². The second-order valence-corrected chi connectivity index (χ2v) is 4.51. The zero-order valence-electron chi connectivity index (χ0n) is 4.66. The normalized spacial score (nSPS) is 33.0. The van der Waals surface area contributed by atoms with Crippen LogP contribution < -0.4 is 0 Å². The SMILES string of the molecule is Cl[C]1CCCC(I)C1. The van der Waals surface area contributed by atoms with Crippen LogP contribution in [0.15, 0.2) is 0 Å². The Morgan fingerprint density at radius 1 is 1.62 bits per heavy atom. The zero-order chi connectivity index (χ0) is 5.98. The highest BCUT2D eigenvalue weighted by Gasteiger charge is 2.17. The summed E-state index contributed by atoms with van der Waals surface area (Å²) in [7, 11) is 0. The molecule has 1 aliphatic rings. The maximum atomic E-state index is 5.82. The Hall–Kier alpha value is 1.02. The Labute approximate surface area is 69.1 Å². The number of rotatable bonds is 0. The molecule has 0 amide bonds. The molecule has 1 radical (unpaired) electrons. The molecule has 0 N–H and O–H groups in total. The molecule has 0 aromatic rings. The minimum atomic E-state index is 0.814. The van der Waals surface area contributed by atoms with Crippen molar-refractivity contribution in [2.45, 2.75) is 29.6 Å². The number of halogens is 2. The van der Waals surface area contributed by atoms with E-state index in [1.165, 1.54) is 18.2 Å². The van der Waals surface area contributed by atoms with E-state index in [4.69, 9.17) is 11.6 Å². The van der Waals surface area contributed by atoms with Crippen LogP contribution in [0.4, 0.5) is 0 Å². The predicted molar refractivity (Wildman–Crippen MR) is 45.4 cm³/mol. The Bertz CT molecular complexity index is 66.9. The molecule has 1 rings (SSSR count). The molecular formula is C6H9ClI. The molecule has 0 spiro atoms. The highest BCUT2D eigenvalue weighted by Crippen LogP contribution is 2.32. The molecule has 47 valence electrons. The topological polar surface area (TPSA) is 0 Å². The van der Waals surface area contributed by atoms with Gasteiger partial charge in [0, 0.05) is 3.92 Å². The predicted octanol–water partition coefficient (Wildman–Crippen LogP) is 3.13. The molecule has 0 aromatic heterocycles. The van der Waals surface area contributed by atoms with Crippen LogP contribution in [-0.2, 0) is 0 Å². The first-order valence-corrected chi connectivity index (χ1v) is 4.55. The summed E-state index contributed by atoms with van der Waals surface area (Å²) in [4.78, 5) is 0. The minimum Gasteiger partial charge on any atom is -0.117 e. The second kappa shape index (κ2) is 3.25. The molecule has 1 atom stereocenters. The van der Waals surface area contributed by atoms with Gasteiger partial charge in [0.15, 0.2) is 0 Å². The Kier molecular flexibility index (Phi) is 2.90. The fraction of sp³-hybridized carbons (Fsp3) is 0.833. The minimum absolute atomic E-state index is 0.814. The first-order chi connectivity index (χ1) is 3.79. The van der Waals surface area contributed by atoms with Gasteiger partial charge in [-0.05, 0) is 19.3 Å². The fourth-order valence-corrected chi connectivity index (χ4v) is 2.51. The van der Waals surface area contributed by atoms with E-state index in [1.807, 2.05) is 0 Å². The number of hydrogen-bond donors (Lipinski definition) is 0. The van der Waals surface area contributed by atoms with E-state index in [1.54, 1.807) is 0 Å². The lowest BCUT2D eigenvalue weighted by molar-refractivity contribution is 0.603. The monoisotopic (exact) mass is 243 g/mol. The van der Waals surface area contributed by atoms with Crippen molar-refractivity contribution in [1.82, 2.24) is 0 Å². The second-order valence-electron chi connectivity index (χ2n) is 2.21. The number of hydrogen-bond acceptors (Lipinski definition) is 0. The molecular weight excluding hydrogens is 234 g/mol. The summed E-state index contributed by atoms with van der Waals surface area (Å²) in [6.07, 6.45) is 4.95. The van der Waals surface area contributed by atoms with Gasteiger partial charge in [0.25, 0.3) is 0 Å². The molecule has 8 heavy (non-hydrogen) atoms. The van der Waals surface area contributed by atoms with E-state index in [2.05, 4.69) is 22.6 Å². The smallest absolute Gasteiger partial charge is 0.0648 e. The van der Waals surface area contributed by atoms with E-state index in [9.17, 15) is 0 Å². The van der Waals surface area contributed by atoms with Crippen LogP contribution in [0.1, 0.15) is 25.7 Å².